The minimum atomic E-state index is -0.391. The van der Waals surface area contributed by atoms with Crippen molar-refractivity contribution in [3.63, 3.8) is 0 Å². The topological polar surface area (TPSA) is 58.2 Å². The molecular formula is C16H16FN3O2. The summed E-state index contributed by atoms with van der Waals surface area (Å²) in [7, 11) is 0. The second-order valence-corrected chi connectivity index (χ2v) is 5.78. The highest BCUT2D eigenvalue weighted by atomic mass is 19.1. The predicted octanol–water partition coefficient (Wildman–Crippen LogP) is 3.39. The van der Waals surface area contributed by atoms with E-state index in [2.05, 4.69) is 10.2 Å². The fourth-order valence-corrected chi connectivity index (χ4v) is 2.92. The molecule has 6 heteroatoms. The van der Waals surface area contributed by atoms with E-state index in [4.69, 9.17) is 4.74 Å². The van der Waals surface area contributed by atoms with E-state index in [0.29, 0.717) is 24.0 Å². The molecule has 0 radical (unpaired) electrons. The Morgan fingerprint density at radius 3 is 2.64 bits per heavy atom. The molecule has 2 aliphatic rings. The van der Waals surface area contributed by atoms with Gasteiger partial charge >= 0.3 is 6.09 Å². The van der Waals surface area contributed by atoms with Crippen LogP contribution in [-0.2, 0) is 0 Å². The van der Waals surface area contributed by atoms with Gasteiger partial charge in [0.1, 0.15) is 5.82 Å². The quantitative estimate of drug-likeness (QED) is 0.821. The number of fused-ring (bicyclic) bond motifs is 1. The monoisotopic (exact) mass is 301 g/mol. The SMILES string of the molecule is O=C(Oc1n[nH]c2cc(F)ccc12)N1CCC(=C2CC2)CC1. The fraction of sp³-hybridized carbons (Fsp3) is 0.375. The van der Waals surface area contributed by atoms with Crippen LogP contribution in [0.3, 0.4) is 0 Å². The van der Waals surface area contributed by atoms with E-state index in [1.54, 1.807) is 16.5 Å². The van der Waals surface area contributed by atoms with E-state index in [1.165, 1.54) is 30.5 Å². The number of allylic oxidation sites excluding steroid dienone is 1. The Morgan fingerprint density at radius 2 is 1.91 bits per heavy atom. The summed E-state index contributed by atoms with van der Waals surface area (Å²) in [5.41, 5.74) is 3.61. The van der Waals surface area contributed by atoms with E-state index in [0.717, 1.165) is 12.8 Å². The largest absolute Gasteiger partial charge is 0.416 e. The highest BCUT2D eigenvalue weighted by molar-refractivity contribution is 5.86. The summed E-state index contributed by atoms with van der Waals surface area (Å²) in [6.45, 7) is 1.38. The summed E-state index contributed by atoms with van der Waals surface area (Å²) in [5, 5.41) is 7.23. The molecule has 1 aliphatic heterocycles. The minimum Gasteiger partial charge on any atom is -0.389 e. The average molecular weight is 301 g/mol. The number of H-pyrrole nitrogens is 1. The van der Waals surface area contributed by atoms with Gasteiger partial charge in [-0.1, -0.05) is 11.1 Å². The molecule has 1 saturated heterocycles. The van der Waals surface area contributed by atoms with Crippen molar-refractivity contribution in [3.8, 4) is 5.88 Å². The Balaban J connectivity index is 1.46. The first-order valence-corrected chi connectivity index (χ1v) is 7.51. The Labute approximate surface area is 126 Å². The van der Waals surface area contributed by atoms with Crippen LogP contribution in [-0.4, -0.2) is 34.3 Å². The Hall–Kier alpha value is -2.37. The van der Waals surface area contributed by atoms with Crippen molar-refractivity contribution in [2.24, 2.45) is 0 Å². The van der Waals surface area contributed by atoms with Crippen LogP contribution in [0.1, 0.15) is 25.7 Å². The van der Waals surface area contributed by atoms with Crippen LogP contribution in [0, 0.1) is 5.82 Å². The maximum atomic E-state index is 13.1. The number of piperidine rings is 1. The molecule has 2 aromatic rings. The van der Waals surface area contributed by atoms with Gasteiger partial charge in [0.2, 0.25) is 0 Å². The van der Waals surface area contributed by atoms with Crippen LogP contribution < -0.4 is 4.74 Å². The van der Waals surface area contributed by atoms with Gasteiger partial charge < -0.3 is 9.64 Å². The first-order valence-electron chi connectivity index (χ1n) is 7.51. The number of rotatable bonds is 1. The number of nitrogens with zero attached hydrogens (tertiary/aromatic N) is 2. The molecule has 1 amide bonds. The Kier molecular flexibility index (Phi) is 3.10. The summed E-state index contributed by atoms with van der Waals surface area (Å²) in [6.07, 6.45) is 3.96. The first kappa shape index (κ1) is 13.3. The van der Waals surface area contributed by atoms with Crippen molar-refractivity contribution in [2.75, 3.05) is 13.1 Å². The normalized spacial score (nSPS) is 18.0. The van der Waals surface area contributed by atoms with E-state index in [-0.39, 0.29) is 11.7 Å². The number of nitrogens with one attached hydrogen (secondary N) is 1. The van der Waals surface area contributed by atoms with Gasteiger partial charge in [-0.2, -0.15) is 0 Å². The molecule has 1 aromatic carbocycles. The van der Waals surface area contributed by atoms with E-state index in [1.807, 2.05) is 0 Å². The summed E-state index contributed by atoms with van der Waals surface area (Å²) >= 11 is 0. The van der Waals surface area contributed by atoms with Gasteiger partial charge in [-0.05, 0) is 43.9 Å². The summed E-state index contributed by atoms with van der Waals surface area (Å²) < 4.78 is 18.5. The number of carbonyl (C=O) groups is 1. The number of carbonyl (C=O) groups excluding carboxylic acids is 1. The van der Waals surface area contributed by atoms with E-state index < -0.39 is 6.09 Å². The number of benzene rings is 1. The number of likely N-dealkylation sites (tertiary alicyclic amines) is 1. The highest BCUT2D eigenvalue weighted by Crippen LogP contribution is 2.36. The lowest BCUT2D eigenvalue weighted by molar-refractivity contribution is 0.147. The standard InChI is InChI=1S/C16H16FN3O2/c17-12-3-4-13-14(9-12)18-19-15(13)22-16(21)20-7-5-11(6-8-20)10-1-2-10/h3-4,9H,1-2,5-8H2,(H,18,19). The molecule has 2 heterocycles. The molecule has 1 N–H and O–H groups in total. The second kappa shape index (κ2) is 5.12. The molecule has 0 bridgehead atoms. The first-order chi connectivity index (χ1) is 10.7. The molecule has 5 nitrogen and oxygen atoms in total. The van der Waals surface area contributed by atoms with Gasteiger partial charge in [-0.25, -0.2) is 9.18 Å². The smallest absolute Gasteiger partial charge is 0.389 e. The zero-order valence-electron chi connectivity index (χ0n) is 12.1. The lowest BCUT2D eigenvalue weighted by Gasteiger charge is -2.27. The van der Waals surface area contributed by atoms with Gasteiger partial charge in [-0.3, -0.25) is 5.10 Å². The van der Waals surface area contributed by atoms with Crippen LogP contribution >= 0.6 is 0 Å². The average Bonchev–Trinajstić information content (AvgIpc) is 3.31. The number of aromatic nitrogens is 2. The van der Waals surface area contributed by atoms with Gasteiger partial charge in [0.15, 0.2) is 0 Å². The molecule has 0 atom stereocenters. The molecule has 0 spiro atoms. The van der Waals surface area contributed by atoms with Crippen molar-refractivity contribution in [1.82, 2.24) is 15.1 Å². The van der Waals surface area contributed by atoms with Gasteiger partial charge in [0.25, 0.3) is 5.88 Å². The predicted molar refractivity (Wildman–Crippen MR) is 79.1 cm³/mol. The van der Waals surface area contributed by atoms with Crippen LogP contribution in [0.4, 0.5) is 9.18 Å². The van der Waals surface area contributed by atoms with Crippen molar-refractivity contribution >= 4 is 17.0 Å². The van der Waals surface area contributed by atoms with Crippen LogP contribution in [0.15, 0.2) is 29.3 Å². The fourth-order valence-electron chi connectivity index (χ4n) is 2.92. The van der Waals surface area contributed by atoms with Crippen molar-refractivity contribution in [1.29, 1.82) is 0 Å². The van der Waals surface area contributed by atoms with Gasteiger partial charge in [0, 0.05) is 13.1 Å². The minimum absolute atomic E-state index is 0.200. The Bertz CT molecular complexity index is 765. The maximum absolute atomic E-state index is 13.1. The summed E-state index contributed by atoms with van der Waals surface area (Å²) in [6, 6.07) is 4.21. The lowest BCUT2D eigenvalue weighted by atomic mass is 10.0. The third-order valence-corrected chi connectivity index (χ3v) is 4.30. The molecule has 1 aromatic heterocycles. The van der Waals surface area contributed by atoms with Gasteiger partial charge in [-0.15, -0.1) is 5.10 Å². The molecule has 2 fully saturated rings. The second-order valence-electron chi connectivity index (χ2n) is 5.78. The molecule has 22 heavy (non-hydrogen) atoms. The molecule has 1 aliphatic carbocycles. The van der Waals surface area contributed by atoms with Crippen molar-refractivity contribution < 1.29 is 13.9 Å². The number of ether oxygens (including phenoxy) is 1. The number of halogens is 1. The number of hydrogen-bond donors (Lipinski definition) is 1. The van der Waals surface area contributed by atoms with Crippen LogP contribution in [0.2, 0.25) is 0 Å². The molecule has 4 rings (SSSR count). The van der Waals surface area contributed by atoms with E-state index >= 15 is 0 Å². The number of amides is 1. The maximum Gasteiger partial charge on any atom is 0.416 e. The van der Waals surface area contributed by atoms with Gasteiger partial charge in [0.05, 0.1) is 10.9 Å². The third-order valence-electron chi connectivity index (χ3n) is 4.30. The van der Waals surface area contributed by atoms with Crippen LogP contribution in [0.25, 0.3) is 10.9 Å². The molecule has 114 valence electrons. The Morgan fingerprint density at radius 1 is 1.18 bits per heavy atom. The number of aromatic amines is 1. The molecule has 0 unspecified atom stereocenters. The van der Waals surface area contributed by atoms with Crippen molar-refractivity contribution in [2.45, 2.75) is 25.7 Å². The number of hydrogen-bond acceptors (Lipinski definition) is 3. The summed E-state index contributed by atoms with van der Waals surface area (Å²) in [4.78, 5) is 13.9. The third kappa shape index (κ3) is 2.45. The molecular weight excluding hydrogens is 285 g/mol. The lowest BCUT2D eigenvalue weighted by Crippen LogP contribution is -2.38. The van der Waals surface area contributed by atoms with Crippen molar-refractivity contribution in [3.05, 3.63) is 35.2 Å². The van der Waals surface area contributed by atoms with Crippen LogP contribution in [0.5, 0.6) is 5.88 Å². The van der Waals surface area contributed by atoms with E-state index in [9.17, 15) is 9.18 Å². The molecule has 1 saturated carbocycles. The highest BCUT2D eigenvalue weighted by Gasteiger charge is 2.26. The zero-order chi connectivity index (χ0) is 15.1. The summed E-state index contributed by atoms with van der Waals surface area (Å²) in [5.74, 6) is -0.156. The zero-order valence-corrected chi connectivity index (χ0v) is 12.1.